The predicted octanol–water partition coefficient (Wildman–Crippen LogP) is 2.34. The molecule has 2 unspecified atom stereocenters. The second-order valence-corrected chi connectivity index (χ2v) is 4.12. The van der Waals surface area contributed by atoms with Gasteiger partial charge in [-0.1, -0.05) is 43.7 Å². The topological polar surface area (TPSA) is 24.6 Å². The first-order valence-electron chi connectivity index (χ1n) is 5.80. The minimum atomic E-state index is 0.466. The summed E-state index contributed by atoms with van der Waals surface area (Å²) in [6.45, 7) is 4.13. The number of hydrogen-bond acceptors (Lipinski definition) is 2. The van der Waals surface area contributed by atoms with E-state index >= 15 is 0 Å². The van der Waals surface area contributed by atoms with E-state index in [4.69, 9.17) is 4.74 Å². The molecule has 1 saturated heterocycles. The Morgan fingerprint density at radius 3 is 2.73 bits per heavy atom. The third-order valence-electron chi connectivity index (χ3n) is 2.78. The van der Waals surface area contributed by atoms with Gasteiger partial charge in [0.05, 0.1) is 12.2 Å². The summed E-state index contributed by atoms with van der Waals surface area (Å²) in [5.74, 6) is 0. The molecule has 1 aliphatic rings. The standard InChI is InChI=1S/C13H19NO/c1-2-6-12-13(15-12)10-14-9-11-7-4-3-5-8-11/h3-5,7-8,12-14H,2,6,9-10H2,1H3. The number of benzene rings is 1. The van der Waals surface area contributed by atoms with Crippen molar-refractivity contribution < 1.29 is 4.74 Å². The summed E-state index contributed by atoms with van der Waals surface area (Å²) in [7, 11) is 0. The van der Waals surface area contributed by atoms with Gasteiger partial charge in [0.25, 0.3) is 0 Å². The Balaban J connectivity index is 1.60. The van der Waals surface area contributed by atoms with Gasteiger partial charge in [-0.25, -0.2) is 0 Å². The third kappa shape index (κ3) is 3.33. The molecular weight excluding hydrogens is 186 g/mol. The van der Waals surface area contributed by atoms with Gasteiger partial charge in [0, 0.05) is 13.1 Å². The van der Waals surface area contributed by atoms with Crippen LogP contribution in [0, 0.1) is 0 Å². The second-order valence-electron chi connectivity index (χ2n) is 4.12. The molecule has 1 fully saturated rings. The predicted molar refractivity (Wildman–Crippen MR) is 61.7 cm³/mol. The summed E-state index contributed by atoms with van der Waals surface area (Å²) in [6, 6.07) is 10.5. The fraction of sp³-hybridized carbons (Fsp3) is 0.538. The molecule has 0 spiro atoms. The van der Waals surface area contributed by atoms with Gasteiger partial charge in [-0.05, 0) is 12.0 Å². The molecule has 0 aromatic heterocycles. The largest absolute Gasteiger partial charge is 0.368 e. The molecule has 82 valence electrons. The summed E-state index contributed by atoms with van der Waals surface area (Å²) < 4.78 is 5.53. The highest BCUT2D eigenvalue weighted by Gasteiger charge is 2.36. The van der Waals surface area contributed by atoms with Gasteiger partial charge < -0.3 is 10.1 Å². The SMILES string of the molecule is CCCC1OC1CNCc1ccccc1. The van der Waals surface area contributed by atoms with Crippen LogP contribution in [0.4, 0.5) is 0 Å². The van der Waals surface area contributed by atoms with Crippen molar-refractivity contribution in [2.45, 2.75) is 38.5 Å². The number of nitrogens with one attached hydrogen (secondary N) is 1. The number of ether oxygens (including phenoxy) is 1. The van der Waals surface area contributed by atoms with Crippen molar-refractivity contribution in [2.75, 3.05) is 6.54 Å². The average molecular weight is 205 g/mol. The summed E-state index contributed by atoms with van der Waals surface area (Å²) in [6.07, 6.45) is 3.42. The second kappa shape index (κ2) is 5.29. The maximum absolute atomic E-state index is 5.53. The molecule has 15 heavy (non-hydrogen) atoms. The maximum Gasteiger partial charge on any atom is 0.0965 e. The molecule has 1 aromatic carbocycles. The van der Waals surface area contributed by atoms with E-state index in [1.807, 2.05) is 6.07 Å². The highest BCUT2D eigenvalue weighted by atomic mass is 16.6. The van der Waals surface area contributed by atoms with E-state index in [9.17, 15) is 0 Å². The molecule has 2 heteroatoms. The van der Waals surface area contributed by atoms with Crippen molar-refractivity contribution in [1.82, 2.24) is 5.32 Å². The molecule has 0 amide bonds. The van der Waals surface area contributed by atoms with Crippen LogP contribution in [0.3, 0.4) is 0 Å². The van der Waals surface area contributed by atoms with E-state index < -0.39 is 0 Å². The summed E-state index contributed by atoms with van der Waals surface area (Å²) in [5.41, 5.74) is 1.34. The van der Waals surface area contributed by atoms with Gasteiger partial charge in [-0.2, -0.15) is 0 Å². The van der Waals surface area contributed by atoms with E-state index in [0.717, 1.165) is 13.1 Å². The van der Waals surface area contributed by atoms with Crippen molar-refractivity contribution >= 4 is 0 Å². The molecular formula is C13H19NO. The lowest BCUT2D eigenvalue weighted by Gasteiger charge is -2.02. The quantitative estimate of drug-likeness (QED) is 0.721. The Labute approximate surface area is 91.6 Å². The van der Waals surface area contributed by atoms with Crippen LogP contribution >= 0.6 is 0 Å². The first kappa shape index (κ1) is 10.7. The molecule has 2 atom stereocenters. The lowest BCUT2D eigenvalue weighted by Crippen LogP contribution is -2.20. The molecule has 1 aliphatic heterocycles. The molecule has 1 N–H and O–H groups in total. The van der Waals surface area contributed by atoms with E-state index in [1.165, 1.54) is 18.4 Å². The zero-order chi connectivity index (χ0) is 10.5. The number of epoxide rings is 1. The zero-order valence-electron chi connectivity index (χ0n) is 9.28. The fourth-order valence-electron chi connectivity index (χ4n) is 1.85. The fourth-order valence-corrected chi connectivity index (χ4v) is 1.85. The van der Waals surface area contributed by atoms with Gasteiger partial charge in [0.2, 0.25) is 0 Å². The Bertz CT molecular complexity index is 286. The Morgan fingerprint density at radius 2 is 2.00 bits per heavy atom. The van der Waals surface area contributed by atoms with Crippen molar-refractivity contribution in [3.63, 3.8) is 0 Å². The normalized spacial score (nSPS) is 24.1. The zero-order valence-corrected chi connectivity index (χ0v) is 9.28. The molecule has 0 aliphatic carbocycles. The highest BCUT2D eigenvalue weighted by molar-refractivity contribution is 5.14. The van der Waals surface area contributed by atoms with Crippen LogP contribution in [0.25, 0.3) is 0 Å². The summed E-state index contributed by atoms with van der Waals surface area (Å²) in [4.78, 5) is 0. The highest BCUT2D eigenvalue weighted by Crippen LogP contribution is 2.25. The lowest BCUT2D eigenvalue weighted by atomic mass is 10.2. The molecule has 1 aromatic rings. The van der Waals surface area contributed by atoms with E-state index in [2.05, 4.69) is 36.5 Å². The first-order chi connectivity index (χ1) is 7.40. The van der Waals surface area contributed by atoms with Gasteiger partial charge in [0.1, 0.15) is 0 Å². The summed E-state index contributed by atoms with van der Waals surface area (Å²) in [5, 5.41) is 3.43. The average Bonchev–Trinajstić information content (AvgIpc) is 2.99. The number of rotatable bonds is 6. The van der Waals surface area contributed by atoms with Crippen LogP contribution in [0.2, 0.25) is 0 Å². The number of hydrogen-bond donors (Lipinski definition) is 1. The first-order valence-corrected chi connectivity index (χ1v) is 5.80. The van der Waals surface area contributed by atoms with E-state index in [1.54, 1.807) is 0 Å². The van der Waals surface area contributed by atoms with Crippen LogP contribution in [0.5, 0.6) is 0 Å². The van der Waals surface area contributed by atoms with Crippen molar-refractivity contribution in [2.24, 2.45) is 0 Å². The minimum absolute atomic E-state index is 0.466. The lowest BCUT2D eigenvalue weighted by molar-refractivity contribution is 0.356. The molecule has 0 bridgehead atoms. The Hall–Kier alpha value is -0.860. The van der Waals surface area contributed by atoms with Crippen LogP contribution in [0.1, 0.15) is 25.3 Å². The Kier molecular flexibility index (Phi) is 3.75. The van der Waals surface area contributed by atoms with Crippen LogP contribution in [0.15, 0.2) is 30.3 Å². The summed E-state index contributed by atoms with van der Waals surface area (Å²) >= 11 is 0. The smallest absolute Gasteiger partial charge is 0.0965 e. The van der Waals surface area contributed by atoms with Crippen LogP contribution in [-0.4, -0.2) is 18.8 Å². The van der Waals surface area contributed by atoms with E-state index in [-0.39, 0.29) is 0 Å². The van der Waals surface area contributed by atoms with Crippen molar-refractivity contribution in [1.29, 1.82) is 0 Å². The maximum atomic E-state index is 5.53. The monoisotopic (exact) mass is 205 g/mol. The molecule has 2 rings (SSSR count). The molecule has 0 radical (unpaired) electrons. The van der Waals surface area contributed by atoms with Crippen molar-refractivity contribution in [3.8, 4) is 0 Å². The van der Waals surface area contributed by atoms with Crippen molar-refractivity contribution in [3.05, 3.63) is 35.9 Å². The molecule has 0 saturated carbocycles. The van der Waals surface area contributed by atoms with E-state index in [0.29, 0.717) is 12.2 Å². The van der Waals surface area contributed by atoms with Gasteiger partial charge in [0.15, 0.2) is 0 Å². The van der Waals surface area contributed by atoms with Gasteiger partial charge in [-0.3, -0.25) is 0 Å². The van der Waals surface area contributed by atoms with Gasteiger partial charge in [-0.15, -0.1) is 0 Å². The minimum Gasteiger partial charge on any atom is -0.368 e. The van der Waals surface area contributed by atoms with Gasteiger partial charge >= 0.3 is 0 Å². The molecule has 1 heterocycles. The van der Waals surface area contributed by atoms with Crippen LogP contribution in [-0.2, 0) is 11.3 Å². The Morgan fingerprint density at radius 1 is 1.20 bits per heavy atom. The molecule has 2 nitrogen and oxygen atoms in total. The van der Waals surface area contributed by atoms with Crippen LogP contribution < -0.4 is 5.32 Å². The third-order valence-corrected chi connectivity index (χ3v) is 2.78.